The van der Waals surface area contributed by atoms with Gasteiger partial charge in [0.25, 0.3) is 0 Å². The number of rotatable bonds is 4. The second kappa shape index (κ2) is 7.96. The van der Waals surface area contributed by atoms with Gasteiger partial charge in [0.1, 0.15) is 5.78 Å². The zero-order valence-electron chi connectivity index (χ0n) is 17.1. The molecule has 1 aromatic carbocycles. The molecule has 3 fully saturated rings. The maximum Gasteiger partial charge on any atom is 0.226 e. The molecule has 0 saturated carbocycles. The number of piperidine rings is 2. The molecule has 3 saturated heterocycles. The molecule has 0 radical (unpaired) electrons. The van der Waals surface area contributed by atoms with E-state index in [9.17, 15) is 9.59 Å². The first-order chi connectivity index (χ1) is 13.5. The SMILES string of the molecule is CC(C)C1(N2CC[C@@H](C(=O)N3CCC(=O)CC3)[C@H](c3ccccc3)C2)COC1. The van der Waals surface area contributed by atoms with Crippen LogP contribution in [0.15, 0.2) is 30.3 Å². The molecule has 0 unspecified atom stereocenters. The van der Waals surface area contributed by atoms with Gasteiger partial charge in [0.05, 0.1) is 18.8 Å². The van der Waals surface area contributed by atoms with E-state index in [1.165, 1.54) is 5.56 Å². The van der Waals surface area contributed by atoms with Crippen molar-refractivity contribution in [2.45, 2.75) is 44.6 Å². The van der Waals surface area contributed by atoms with E-state index in [-0.39, 0.29) is 29.1 Å². The van der Waals surface area contributed by atoms with E-state index < -0.39 is 0 Å². The summed E-state index contributed by atoms with van der Waals surface area (Å²) in [5, 5.41) is 0. The fourth-order valence-electron chi connectivity index (χ4n) is 5.09. The van der Waals surface area contributed by atoms with Crippen LogP contribution in [0.1, 0.15) is 44.6 Å². The van der Waals surface area contributed by atoms with E-state index in [0.717, 1.165) is 32.7 Å². The molecular formula is C23H32N2O3. The van der Waals surface area contributed by atoms with Crippen molar-refractivity contribution in [2.24, 2.45) is 11.8 Å². The summed E-state index contributed by atoms with van der Waals surface area (Å²) in [7, 11) is 0. The number of hydrogen-bond donors (Lipinski definition) is 0. The van der Waals surface area contributed by atoms with E-state index in [0.29, 0.717) is 31.8 Å². The Morgan fingerprint density at radius 2 is 1.79 bits per heavy atom. The second-order valence-electron chi connectivity index (χ2n) is 8.97. The highest BCUT2D eigenvalue weighted by atomic mass is 16.5. The lowest BCUT2D eigenvalue weighted by atomic mass is 9.75. The highest BCUT2D eigenvalue weighted by Gasteiger charge is 2.50. The Labute approximate surface area is 168 Å². The Balaban J connectivity index is 1.56. The standard InChI is InChI=1S/C23H32N2O3/c1-17(2)23(15-28-16-23)25-13-10-20(21(14-25)18-6-4-3-5-7-18)22(27)24-11-8-19(26)9-12-24/h3-7,17,20-21H,8-16H2,1-2H3/t20-,21+/m1/s1. The number of Topliss-reactive ketones (excluding diaryl/α,β-unsaturated/α-hetero) is 1. The number of benzene rings is 1. The molecule has 1 aromatic rings. The molecule has 0 aromatic heterocycles. The van der Waals surface area contributed by atoms with Crippen molar-refractivity contribution in [2.75, 3.05) is 39.4 Å². The lowest BCUT2D eigenvalue weighted by Gasteiger charge is -2.56. The fraction of sp³-hybridized carbons (Fsp3) is 0.652. The van der Waals surface area contributed by atoms with Gasteiger partial charge in [0.2, 0.25) is 5.91 Å². The molecule has 2 atom stereocenters. The average Bonchev–Trinajstić information content (AvgIpc) is 2.67. The third-order valence-corrected chi connectivity index (χ3v) is 7.20. The quantitative estimate of drug-likeness (QED) is 0.801. The Hall–Kier alpha value is -1.72. The minimum absolute atomic E-state index is 0.00272. The highest BCUT2D eigenvalue weighted by molar-refractivity contribution is 5.85. The average molecular weight is 385 g/mol. The number of nitrogens with zero attached hydrogens (tertiary/aromatic N) is 2. The van der Waals surface area contributed by atoms with E-state index in [1.54, 1.807) is 0 Å². The Morgan fingerprint density at radius 3 is 2.36 bits per heavy atom. The van der Waals surface area contributed by atoms with Crippen molar-refractivity contribution in [1.29, 1.82) is 0 Å². The molecule has 0 bridgehead atoms. The van der Waals surface area contributed by atoms with Crippen molar-refractivity contribution in [3.8, 4) is 0 Å². The number of carbonyl (C=O) groups excluding carboxylic acids is 2. The molecule has 5 heteroatoms. The number of likely N-dealkylation sites (tertiary alicyclic amines) is 2. The van der Waals surface area contributed by atoms with Gasteiger partial charge in [-0.2, -0.15) is 0 Å². The Kier molecular flexibility index (Phi) is 5.57. The zero-order valence-corrected chi connectivity index (χ0v) is 17.1. The first kappa shape index (κ1) is 19.6. The summed E-state index contributed by atoms with van der Waals surface area (Å²) in [6.07, 6.45) is 1.89. The summed E-state index contributed by atoms with van der Waals surface area (Å²) >= 11 is 0. The minimum Gasteiger partial charge on any atom is -0.377 e. The normalized spacial score (nSPS) is 28.2. The summed E-state index contributed by atoms with van der Waals surface area (Å²) < 4.78 is 5.62. The first-order valence-corrected chi connectivity index (χ1v) is 10.7. The van der Waals surface area contributed by atoms with Crippen LogP contribution in [-0.4, -0.2) is 66.4 Å². The molecule has 0 spiro atoms. The van der Waals surface area contributed by atoms with Crippen molar-refractivity contribution < 1.29 is 14.3 Å². The number of hydrogen-bond acceptors (Lipinski definition) is 4. The van der Waals surface area contributed by atoms with Gasteiger partial charge in [-0.05, 0) is 24.4 Å². The van der Waals surface area contributed by atoms with Gasteiger partial charge in [-0.25, -0.2) is 0 Å². The topological polar surface area (TPSA) is 49.9 Å². The molecule has 4 rings (SSSR count). The molecule has 1 amide bonds. The molecule has 3 aliphatic rings. The van der Waals surface area contributed by atoms with Crippen LogP contribution in [-0.2, 0) is 14.3 Å². The zero-order chi connectivity index (χ0) is 19.7. The van der Waals surface area contributed by atoms with Crippen LogP contribution >= 0.6 is 0 Å². The molecule has 28 heavy (non-hydrogen) atoms. The largest absolute Gasteiger partial charge is 0.377 e. The van der Waals surface area contributed by atoms with Crippen LogP contribution < -0.4 is 0 Å². The number of ether oxygens (including phenoxy) is 1. The summed E-state index contributed by atoms with van der Waals surface area (Å²) in [5.41, 5.74) is 1.36. The predicted molar refractivity (Wildman–Crippen MR) is 108 cm³/mol. The molecular weight excluding hydrogens is 352 g/mol. The van der Waals surface area contributed by atoms with E-state index >= 15 is 0 Å². The van der Waals surface area contributed by atoms with Crippen molar-refractivity contribution >= 4 is 11.7 Å². The van der Waals surface area contributed by atoms with Gasteiger partial charge in [-0.15, -0.1) is 0 Å². The monoisotopic (exact) mass is 384 g/mol. The molecule has 0 aliphatic carbocycles. The van der Waals surface area contributed by atoms with Crippen LogP contribution in [0.3, 0.4) is 0 Å². The Bertz CT molecular complexity index is 704. The number of amides is 1. The van der Waals surface area contributed by atoms with Crippen LogP contribution in [0.4, 0.5) is 0 Å². The maximum atomic E-state index is 13.4. The van der Waals surface area contributed by atoms with Gasteiger partial charge < -0.3 is 9.64 Å². The van der Waals surface area contributed by atoms with Crippen molar-refractivity contribution in [3.63, 3.8) is 0 Å². The number of carbonyl (C=O) groups is 2. The van der Waals surface area contributed by atoms with Gasteiger partial charge >= 0.3 is 0 Å². The van der Waals surface area contributed by atoms with Crippen LogP contribution in [0, 0.1) is 11.8 Å². The first-order valence-electron chi connectivity index (χ1n) is 10.7. The molecule has 5 nitrogen and oxygen atoms in total. The van der Waals surface area contributed by atoms with Gasteiger partial charge in [-0.3, -0.25) is 14.5 Å². The minimum atomic E-state index is -0.00272. The van der Waals surface area contributed by atoms with E-state index in [2.05, 4.69) is 43.0 Å². The predicted octanol–water partition coefficient (Wildman–Crippen LogP) is 2.71. The smallest absolute Gasteiger partial charge is 0.226 e. The summed E-state index contributed by atoms with van der Waals surface area (Å²) in [6, 6.07) is 10.5. The summed E-state index contributed by atoms with van der Waals surface area (Å²) in [5.74, 6) is 1.23. The summed E-state index contributed by atoms with van der Waals surface area (Å²) in [4.78, 5) is 29.5. The molecule has 152 valence electrons. The number of ketones is 1. The maximum absolute atomic E-state index is 13.4. The van der Waals surface area contributed by atoms with Crippen LogP contribution in [0.5, 0.6) is 0 Å². The van der Waals surface area contributed by atoms with Crippen molar-refractivity contribution in [3.05, 3.63) is 35.9 Å². The molecule has 3 aliphatic heterocycles. The molecule has 3 heterocycles. The molecule has 0 N–H and O–H groups in total. The lowest BCUT2D eigenvalue weighted by Crippen LogP contribution is -2.67. The summed E-state index contributed by atoms with van der Waals surface area (Å²) in [6.45, 7) is 9.15. The fourth-order valence-corrected chi connectivity index (χ4v) is 5.09. The Morgan fingerprint density at radius 1 is 1.11 bits per heavy atom. The van der Waals surface area contributed by atoms with Crippen LogP contribution in [0.2, 0.25) is 0 Å². The third-order valence-electron chi connectivity index (χ3n) is 7.20. The third kappa shape index (κ3) is 3.50. The van der Waals surface area contributed by atoms with E-state index in [4.69, 9.17) is 4.74 Å². The van der Waals surface area contributed by atoms with Crippen LogP contribution in [0.25, 0.3) is 0 Å². The lowest BCUT2D eigenvalue weighted by molar-refractivity contribution is -0.175. The van der Waals surface area contributed by atoms with Crippen molar-refractivity contribution in [1.82, 2.24) is 9.80 Å². The van der Waals surface area contributed by atoms with E-state index in [1.807, 2.05) is 11.0 Å². The van der Waals surface area contributed by atoms with Gasteiger partial charge in [-0.1, -0.05) is 44.2 Å². The van der Waals surface area contributed by atoms with Gasteiger partial charge in [0, 0.05) is 44.3 Å². The van der Waals surface area contributed by atoms with Gasteiger partial charge in [0.15, 0.2) is 0 Å². The second-order valence-corrected chi connectivity index (χ2v) is 8.97. The highest BCUT2D eigenvalue weighted by Crippen LogP contribution is 2.41.